The molecule has 8 heteroatoms. The van der Waals surface area contributed by atoms with Crippen molar-refractivity contribution in [3.63, 3.8) is 0 Å². The zero-order chi connectivity index (χ0) is 20.1. The first-order valence-electron chi connectivity index (χ1n) is 10.8. The van der Waals surface area contributed by atoms with Crippen molar-refractivity contribution >= 4 is 29.9 Å². The van der Waals surface area contributed by atoms with E-state index < -0.39 is 0 Å². The van der Waals surface area contributed by atoms with E-state index in [2.05, 4.69) is 42.1 Å². The van der Waals surface area contributed by atoms with Gasteiger partial charge in [-0.1, -0.05) is 18.6 Å². The van der Waals surface area contributed by atoms with E-state index in [0.717, 1.165) is 68.8 Å². The Labute approximate surface area is 196 Å². The summed E-state index contributed by atoms with van der Waals surface area (Å²) in [4.78, 5) is 6.88. The maximum absolute atomic E-state index is 5.27. The molecule has 30 heavy (non-hydrogen) atoms. The number of methoxy groups -OCH3 is 1. The molecule has 2 aliphatic heterocycles. The number of hydrogen-bond acceptors (Lipinski definition) is 4. The Morgan fingerprint density at radius 3 is 2.77 bits per heavy atom. The molecule has 2 aromatic rings. The summed E-state index contributed by atoms with van der Waals surface area (Å²) >= 11 is 0. The molecule has 1 aromatic carbocycles. The van der Waals surface area contributed by atoms with Crippen molar-refractivity contribution in [3.05, 3.63) is 41.5 Å². The van der Waals surface area contributed by atoms with Crippen LogP contribution in [0.1, 0.15) is 48.8 Å². The van der Waals surface area contributed by atoms with Gasteiger partial charge in [-0.3, -0.25) is 4.99 Å². The van der Waals surface area contributed by atoms with Gasteiger partial charge >= 0.3 is 0 Å². The smallest absolute Gasteiger partial charge is 0.193 e. The van der Waals surface area contributed by atoms with Gasteiger partial charge in [0.15, 0.2) is 5.96 Å². The highest BCUT2D eigenvalue weighted by molar-refractivity contribution is 14.0. The molecule has 1 atom stereocenters. The number of ether oxygens (including phenoxy) is 1. The van der Waals surface area contributed by atoms with E-state index in [0.29, 0.717) is 5.92 Å². The molecule has 1 unspecified atom stereocenters. The molecule has 1 fully saturated rings. The lowest BCUT2D eigenvalue weighted by Gasteiger charge is -2.22. The van der Waals surface area contributed by atoms with Gasteiger partial charge in [0.2, 0.25) is 0 Å². The fourth-order valence-electron chi connectivity index (χ4n) is 4.45. The van der Waals surface area contributed by atoms with Gasteiger partial charge in [-0.15, -0.1) is 34.2 Å². The highest BCUT2D eigenvalue weighted by Crippen LogP contribution is 2.28. The lowest BCUT2D eigenvalue weighted by Crippen LogP contribution is -2.41. The molecule has 1 N–H and O–H groups in total. The number of benzene rings is 1. The second-order valence-corrected chi connectivity index (χ2v) is 7.92. The van der Waals surface area contributed by atoms with E-state index in [1.165, 1.54) is 24.8 Å². The van der Waals surface area contributed by atoms with Crippen LogP contribution >= 0.6 is 24.0 Å². The van der Waals surface area contributed by atoms with Crippen LogP contribution < -0.4 is 10.1 Å². The SMILES string of the molecule is CN=C(NCCc1nnc2n1CCCCC2)N1CCC(c2ccc(OC)cc2)C1.I. The molecule has 1 aromatic heterocycles. The molecule has 0 spiro atoms. The Morgan fingerprint density at radius 1 is 1.17 bits per heavy atom. The minimum absolute atomic E-state index is 0. The van der Waals surface area contributed by atoms with Crippen LogP contribution in [0.2, 0.25) is 0 Å². The van der Waals surface area contributed by atoms with Crippen molar-refractivity contribution < 1.29 is 4.74 Å². The Balaban J connectivity index is 0.00000256. The molecule has 7 nitrogen and oxygen atoms in total. The van der Waals surface area contributed by atoms with Crippen molar-refractivity contribution in [1.82, 2.24) is 25.0 Å². The van der Waals surface area contributed by atoms with Gasteiger partial charge < -0.3 is 19.5 Å². The Hall–Kier alpha value is -1.84. The maximum atomic E-state index is 5.27. The molecule has 0 bridgehead atoms. The van der Waals surface area contributed by atoms with E-state index in [-0.39, 0.29) is 24.0 Å². The Bertz CT molecular complexity index is 835. The van der Waals surface area contributed by atoms with Gasteiger partial charge in [0.25, 0.3) is 0 Å². The minimum atomic E-state index is 0. The summed E-state index contributed by atoms with van der Waals surface area (Å²) in [5, 5.41) is 12.4. The highest BCUT2D eigenvalue weighted by atomic mass is 127. The van der Waals surface area contributed by atoms with Crippen LogP contribution in [0.5, 0.6) is 5.75 Å². The largest absolute Gasteiger partial charge is 0.497 e. The normalized spacial score (nSPS) is 19.1. The molecular weight excluding hydrogens is 491 g/mol. The van der Waals surface area contributed by atoms with E-state index in [9.17, 15) is 0 Å². The average Bonchev–Trinajstić information content (AvgIpc) is 3.32. The number of nitrogens with one attached hydrogen (secondary N) is 1. The van der Waals surface area contributed by atoms with Crippen LogP contribution in [0, 0.1) is 0 Å². The second-order valence-electron chi connectivity index (χ2n) is 7.92. The number of aliphatic imine (C=N–C) groups is 1. The molecule has 164 valence electrons. The summed E-state index contributed by atoms with van der Waals surface area (Å²) in [6, 6.07) is 8.46. The summed E-state index contributed by atoms with van der Waals surface area (Å²) in [6.45, 7) is 3.90. The number of nitrogens with zero attached hydrogens (tertiary/aromatic N) is 5. The van der Waals surface area contributed by atoms with E-state index in [1.54, 1.807) is 7.11 Å². The van der Waals surface area contributed by atoms with Gasteiger partial charge in [0.1, 0.15) is 17.4 Å². The summed E-state index contributed by atoms with van der Waals surface area (Å²) < 4.78 is 7.60. The summed E-state index contributed by atoms with van der Waals surface area (Å²) in [7, 11) is 3.57. The highest BCUT2D eigenvalue weighted by Gasteiger charge is 2.26. The predicted molar refractivity (Wildman–Crippen MR) is 130 cm³/mol. The van der Waals surface area contributed by atoms with Gasteiger partial charge in [0, 0.05) is 52.0 Å². The minimum Gasteiger partial charge on any atom is -0.497 e. The lowest BCUT2D eigenvalue weighted by atomic mass is 9.98. The van der Waals surface area contributed by atoms with E-state index in [4.69, 9.17) is 4.74 Å². The molecule has 4 rings (SSSR count). The molecule has 0 saturated carbocycles. The molecule has 1 saturated heterocycles. The number of guanidine groups is 1. The summed E-state index contributed by atoms with van der Waals surface area (Å²) in [6.07, 6.45) is 6.83. The molecule has 0 radical (unpaired) electrons. The van der Waals surface area contributed by atoms with Crippen LogP contribution in [0.25, 0.3) is 0 Å². The van der Waals surface area contributed by atoms with Crippen molar-refractivity contribution in [2.75, 3.05) is 33.8 Å². The first-order valence-corrected chi connectivity index (χ1v) is 10.8. The molecule has 3 heterocycles. The fourth-order valence-corrected chi connectivity index (χ4v) is 4.45. The molecular formula is C22H33IN6O. The fraction of sp³-hybridized carbons (Fsp3) is 0.591. The number of rotatable bonds is 5. The third kappa shape index (κ3) is 5.25. The zero-order valence-corrected chi connectivity index (χ0v) is 20.3. The maximum Gasteiger partial charge on any atom is 0.193 e. The number of hydrogen-bond donors (Lipinski definition) is 1. The Kier molecular flexibility index (Phi) is 8.35. The first-order chi connectivity index (χ1) is 14.3. The molecule has 0 amide bonds. The lowest BCUT2D eigenvalue weighted by molar-refractivity contribution is 0.414. The van der Waals surface area contributed by atoms with E-state index >= 15 is 0 Å². The van der Waals surface area contributed by atoms with Crippen LogP contribution in [0.3, 0.4) is 0 Å². The first kappa shape index (κ1) is 22.8. The van der Waals surface area contributed by atoms with Gasteiger partial charge in [0.05, 0.1) is 7.11 Å². The average molecular weight is 524 g/mol. The third-order valence-electron chi connectivity index (χ3n) is 6.10. The van der Waals surface area contributed by atoms with E-state index in [1.807, 2.05) is 19.2 Å². The zero-order valence-electron chi connectivity index (χ0n) is 18.0. The Morgan fingerprint density at radius 2 is 2.00 bits per heavy atom. The predicted octanol–water partition coefficient (Wildman–Crippen LogP) is 3.24. The molecule has 0 aliphatic carbocycles. The van der Waals surface area contributed by atoms with Crippen molar-refractivity contribution in [1.29, 1.82) is 0 Å². The van der Waals surface area contributed by atoms with Crippen molar-refractivity contribution in [3.8, 4) is 5.75 Å². The van der Waals surface area contributed by atoms with Crippen LogP contribution in [0.4, 0.5) is 0 Å². The van der Waals surface area contributed by atoms with Crippen molar-refractivity contribution in [2.24, 2.45) is 4.99 Å². The van der Waals surface area contributed by atoms with Crippen molar-refractivity contribution in [2.45, 2.75) is 51.0 Å². The number of fused-ring (bicyclic) bond motifs is 1. The quantitative estimate of drug-likeness (QED) is 0.370. The topological polar surface area (TPSA) is 67.6 Å². The number of likely N-dealkylation sites (tertiary alicyclic amines) is 1. The van der Waals surface area contributed by atoms with Gasteiger partial charge in [-0.2, -0.15) is 0 Å². The van der Waals surface area contributed by atoms with Gasteiger partial charge in [-0.25, -0.2) is 0 Å². The monoisotopic (exact) mass is 524 g/mol. The van der Waals surface area contributed by atoms with Gasteiger partial charge in [-0.05, 0) is 37.0 Å². The number of halogens is 1. The third-order valence-corrected chi connectivity index (χ3v) is 6.10. The van der Waals surface area contributed by atoms with Crippen LogP contribution in [-0.4, -0.2) is 59.4 Å². The van der Waals surface area contributed by atoms with Crippen LogP contribution in [-0.2, 0) is 19.4 Å². The second kappa shape index (κ2) is 11.0. The number of aryl methyl sites for hydroxylation is 1. The molecule has 2 aliphatic rings. The standard InChI is InChI=1S/C22H32N6O.HI/c1-23-22(24-13-11-21-26-25-20-6-4-3-5-14-28(20)21)27-15-12-18(16-27)17-7-9-19(29-2)10-8-17;/h7-10,18H,3-6,11-16H2,1-2H3,(H,23,24);1H. The van der Waals surface area contributed by atoms with Crippen LogP contribution in [0.15, 0.2) is 29.3 Å². The summed E-state index contributed by atoms with van der Waals surface area (Å²) in [5.74, 6) is 4.68. The summed E-state index contributed by atoms with van der Waals surface area (Å²) in [5.41, 5.74) is 1.37. The number of aromatic nitrogens is 3.